The topological polar surface area (TPSA) is 55.6 Å². The number of ether oxygens (including phenoxy) is 1. The van der Waals surface area contributed by atoms with Crippen molar-refractivity contribution >= 4 is 6.09 Å². The first-order valence-corrected chi connectivity index (χ1v) is 5.79. The van der Waals surface area contributed by atoms with E-state index in [0.717, 1.165) is 25.8 Å². The number of carbonyl (C=O) groups is 1. The van der Waals surface area contributed by atoms with Crippen molar-refractivity contribution in [3.05, 3.63) is 0 Å². The molecule has 0 aromatic carbocycles. The number of hydrogen-bond donors (Lipinski definition) is 1. The molecule has 1 fully saturated rings. The molecule has 1 amide bonds. The van der Waals surface area contributed by atoms with Crippen molar-refractivity contribution in [2.24, 2.45) is 11.7 Å². The lowest BCUT2D eigenvalue weighted by molar-refractivity contribution is 0.0619. The molecule has 1 heterocycles. The Labute approximate surface area is 91.8 Å². The molecule has 2 N–H and O–H groups in total. The van der Waals surface area contributed by atoms with Gasteiger partial charge in [-0.05, 0) is 38.1 Å². The second-order valence-electron chi connectivity index (χ2n) is 4.12. The lowest BCUT2D eigenvalue weighted by Crippen LogP contribution is -2.48. The first kappa shape index (κ1) is 12.3. The van der Waals surface area contributed by atoms with Gasteiger partial charge in [0.25, 0.3) is 0 Å². The summed E-state index contributed by atoms with van der Waals surface area (Å²) in [5.41, 5.74) is 5.60. The quantitative estimate of drug-likeness (QED) is 0.776. The third-order valence-electron chi connectivity index (χ3n) is 3.28. The number of nitrogens with two attached hydrogens (primary N) is 1. The summed E-state index contributed by atoms with van der Waals surface area (Å²) in [5.74, 6) is 0.549. The highest BCUT2D eigenvalue weighted by atomic mass is 16.5. The van der Waals surface area contributed by atoms with Crippen LogP contribution >= 0.6 is 0 Å². The van der Waals surface area contributed by atoms with Gasteiger partial charge in [0.05, 0.1) is 7.11 Å². The molecule has 0 bridgehead atoms. The Kier molecular flexibility index (Phi) is 4.88. The van der Waals surface area contributed by atoms with Crippen molar-refractivity contribution in [1.29, 1.82) is 0 Å². The molecule has 1 saturated heterocycles. The van der Waals surface area contributed by atoms with Gasteiger partial charge in [0.15, 0.2) is 0 Å². The second-order valence-corrected chi connectivity index (χ2v) is 4.12. The normalized spacial score (nSPS) is 26.5. The number of amides is 1. The molecular formula is C11H22N2O2. The molecule has 0 spiro atoms. The summed E-state index contributed by atoms with van der Waals surface area (Å²) in [6.07, 6.45) is 4.05. The average molecular weight is 214 g/mol. The second kappa shape index (κ2) is 5.95. The highest BCUT2D eigenvalue weighted by molar-refractivity contribution is 5.68. The largest absolute Gasteiger partial charge is 0.453 e. The number of methoxy groups -OCH3 is 1. The van der Waals surface area contributed by atoms with E-state index in [2.05, 4.69) is 6.92 Å². The molecule has 4 heteroatoms. The molecule has 0 saturated carbocycles. The number of rotatable bonds is 3. The summed E-state index contributed by atoms with van der Waals surface area (Å²) in [4.78, 5) is 13.4. The molecule has 0 aromatic heterocycles. The summed E-state index contributed by atoms with van der Waals surface area (Å²) < 4.78 is 4.80. The van der Waals surface area contributed by atoms with Crippen LogP contribution < -0.4 is 5.73 Å². The van der Waals surface area contributed by atoms with Crippen LogP contribution in [0, 0.1) is 5.92 Å². The van der Waals surface area contributed by atoms with E-state index in [1.165, 1.54) is 13.5 Å². The number of piperidine rings is 1. The Morgan fingerprint density at radius 3 is 2.87 bits per heavy atom. The van der Waals surface area contributed by atoms with Crippen molar-refractivity contribution in [1.82, 2.24) is 4.90 Å². The highest BCUT2D eigenvalue weighted by Gasteiger charge is 2.32. The number of hydrogen-bond acceptors (Lipinski definition) is 3. The van der Waals surface area contributed by atoms with Gasteiger partial charge in [0, 0.05) is 12.6 Å². The van der Waals surface area contributed by atoms with Gasteiger partial charge in [0.2, 0.25) is 0 Å². The smallest absolute Gasteiger partial charge is 0.409 e. The van der Waals surface area contributed by atoms with E-state index in [9.17, 15) is 4.79 Å². The van der Waals surface area contributed by atoms with Gasteiger partial charge < -0.3 is 15.4 Å². The minimum Gasteiger partial charge on any atom is -0.453 e. The zero-order valence-corrected chi connectivity index (χ0v) is 9.74. The van der Waals surface area contributed by atoms with Crippen LogP contribution in [0.3, 0.4) is 0 Å². The van der Waals surface area contributed by atoms with Crippen LogP contribution in [0.5, 0.6) is 0 Å². The molecule has 1 aliphatic heterocycles. The Hall–Kier alpha value is -0.770. The van der Waals surface area contributed by atoms with E-state index in [-0.39, 0.29) is 6.09 Å². The standard InChI is InChI=1S/C11H22N2O2/c1-3-10-9(6-7-12)5-4-8-13(10)11(14)15-2/h9-10H,3-8,12H2,1-2H3. The monoisotopic (exact) mass is 214 g/mol. The van der Waals surface area contributed by atoms with Crippen molar-refractivity contribution in [3.63, 3.8) is 0 Å². The Morgan fingerprint density at radius 1 is 1.60 bits per heavy atom. The summed E-state index contributed by atoms with van der Waals surface area (Å²) in [5, 5.41) is 0. The molecule has 88 valence electrons. The third kappa shape index (κ3) is 2.84. The SMILES string of the molecule is CCC1C(CCN)CCCN1C(=O)OC. The van der Waals surface area contributed by atoms with Crippen molar-refractivity contribution < 1.29 is 9.53 Å². The summed E-state index contributed by atoms with van der Waals surface area (Å²) in [7, 11) is 1.45. The fraction of sp³-hybridized carbons (Fsp3) is 0.909. The van der Waals surface area contributed by atoms with E-state index >= 15 is 0 Å². The lowest BCUT2D eigenvalue weighted by Gasteiger charge is -2.40. The summed E-state index contributed by atoms with van der Waals surface area (Å²) >= 11 is 0. The number of likely N-dealkylation sites (tertiary alicyclic amines) is 1. The van der Waals surface area contributed by atoms with Crippen LogP contribution in [-0.4, -0.2) is 37.2 Å². The maximum Gasteiger partial charge on any atom is 0.409 e. The van der Waals surface area contributed by atoms with Gasteiger partial charge in [-0.25, -0.2) is 4.79 Å². The maximum absolute atomic E-state index is 11.6. The summed E-state index contributed by atoms with van der Waals surface area (Å²) in [6, 6.07) is 0.315. The fourth-order valence-electron chi connectivity index (χ4n) is 2.58. The van der Waals surface area contributed by atoms with Crippen LogP contribution in [0.1, 0.15) is 32.6 Å². The predicted octanol–water partition coefficient (Wildman–Crippen LogP) is 1.59. The van der Waals surface area contributed by atoms with Gasteiger partial charge in [-0.2, -0.15) is 0 Å². The van der Waals surface area contributed by atoms with Crippen LogP contribution in [-0.2, 0) is 4.74 Å². The summed E-state index contributed by atoms with van der Waals surface area (Å²) in [6.45, 7) is 3.65. The van der Waals surface area contributed by atoms with Crippen LogP contribution in [0.25, 0.3) is 0 Å². The molecule has 0 aliphatic carbocycles. The van der Waals surface area contributed by atoms with Crippen molar-refractivity contribution in [2.75, 3.05) is 20.2 Å². The molecule has 4 nitrogen and oxygen atoms in total. The van der Waals surface area contributed by atoms with Gasteiger partial charge in [-0.1, -0.05) is 6.92 Å². The van der Waals surface area contributed by atoms with Crippen molar-refractivity contribution in [2.45, 2.75) is 38.6 Å². The molecular weight excluding hydrogens is 192 g/mol. The highest BCUT2D eigenvalue weighted by Crippen LogP contribution is 2.28. The molecule has 0 radical (unpaired) electrons. The molecule has 2 unspecified atom stereocenters. The Balaban J connectivity index is 2.65. The zero-order valence-electron chi connectivity index (χ0n) is 9.74. The molecule has 2 atom stereocenters. The van der Waals surface area contributed by atoms with Gasteiger partial charge in [0.1, 0.15) is 0 Å². The van der Waals surface area contributed by atoms with Crippen LogP contribution in [0.4, 0.5) is 4.79 Å². The van der Waals surface area contributed by atoms with E-state index < -0.39 is 0 Å². The fourth-order valence-corrected chi connectivity index (χ4v) is 2.58. The van der Waals surface area contributed by atoms with E-state index in [1.54, 1.807) is 0 Å². The maximum atomic E-state index is 11.6. The predicted molar refractivity (Wildman–Crippen MR) is 59.6 cm³/mol. The Morgan fingerprint density at radius 2 is 2.33 bits per heavy atom. The number of carbonyl (C=O) groups excluding carboxylic acids is 1. The van der Waals surface area contributed by atoms with Gasteiger partial charge >= 0.3 is 6.09 Å². The first-order valence-electron chi connectivity index (χ1n) is 5.79. The molecule has 0 aromatic rings. The minimum atomic E-state index is -0.191. The van der Waals surface area contributed by atoms with Gasteiger partial charge in [-0.15, -0.1) is 0 Å². The Bertz CT molecular complexity index is 207. The van der Waals surface area contributed by atoms with Crippen LogP contribution in [0.2, 0.25) is 0 Å². The van der Waals surface area contributed by atoms with Gasteiger partial charge in [-0.3, -0.25) is 0 Å². The number of nitrogens with zero attached hydrogens (tertiary/aromatic N) is 1. The lowest BCUT2D eigenvalue weighted by atomic mass is 9.85. The third-order valence-corrected chi connectivity index (χ3v) is 3.28. The molecule has 1 rings (SSSR count). The molecule has 1 aliphatic rings. The van der Waals surface area contributed by atoms with Crippen LogP contribution in [0.15, 0.2) is 0 Å². The average Bonchev–Trinajstić information content (AvgIpc) is 2.28. The molecule has 15 heavy (non-hydrogen) atoms. The van der Waals surface area contributed by atoms with E-state index in [0.29, 0.717) is 18.5 Å². The van der Waals surface area contributed by atoms with Crippen molar-refractivity contribution in [3.8, 4) is 0 Å². The van der Waals surface area contributed by atoms with E-state index in [1.807, 2.05) is 4.90 Å². The van der Waals surface area contributed by atoms with E-state index in [4.69, 9.17) is 10.5 Å². The minimum absolute atomic E-state index is 0.191. The zero-order chi connectivity index (χ0) is 11.3. The first-order chi connectivity index (χ1) is 7.24.